The maximum absolute atomic E-state index is 5.71. The van der Waals surface area contributed by atoms with Crippen LogP contribution in [0.15, 0.2) is 48.5 Å². The average molecular weight is 423 g/mol. The van der Waals surface area contributed by atoms with Crippen molar-refractivity contribution < 1.29 is 9.47 Å². The highest BCUT2D eigenvalue weighted by molar-refractivity contribution is 5.39. The van der Waals surface area contributed by atoms with Crippen LogP contribution in [-0.2, 0) is 6.54 Å². The van der Waals surface area contributed by atoms with Crippen molar-refractivity contribution in [3.63, 3.8) is 0 Å². The minimum Gasteiger partial charge on any atom is -0.497 e. The summed E-state index contributed by atoms with van der Waals surface area (Å²) >= 11 is 0. The van der Waals surface area contributed by atoms with Crippen LogP contribution in [0.5, 0.6) is 11.5 Å². The fourth-order valence-electron chi connectivity index (χ4n) is 4.15. The summed E-state index contributed by atoms with van der Waals surface area (Å²) in [4.78, 5) is 4.93. The molecule has 1 saturated heterocycles. The van der Waals surface area contributed by atoms with Gasteiger partial charge in [-0.1, -0.05) is 37.3 Å². The molecule has 1 aliphatic rings. The van der Waals surface area contributed by atoms with Gasteiger partial charge in [0.05, 0.1) is 20.8 Å². The largest absolute Gasteiger partial charge is 0.497 e. The Morgan fingerprint density at radius 3 is 2.35 bits per heavy atom. The zero-order valence-corrected chi connectivity index (χ0v) is 18.4. The quantitative estimate of drug-likeness (QED) is 0.552. The van der Waals surface area contributed by atoms with Gasteiger partial charge in [-0.15, -0.1) is 5.10 Å². The zero-order valence-electron chi connectivity index (χ0n) is 18.4. The van der Waals surface area contributed by atoms with E-state index in [1.54, 1.807) is 14.2 Å². The van der Waals surface area contributed by atoms with Gasteiger partial charge in [0.25, 0.3) is 0 Å². The molecule has 8 heteroatoms. The molecule has 31 heavy (non-hydrogen) atoms. The van der Waals surface area contributed by atoms with Gasteiger partial charge in [0.1, 0.15) is 17.5 Å². The highest BCUT2D eigenvalue weighted by atomic mass is 16.5. The van der Waals surface area contributed by atoms with Crippen LogP contribution >= 0.6 is 0 Å². The van der Waals surface area contributed by atoms with Gasteiger partial charge in [0.15, 0.2) is 5.82 Å². The fourth-order valence-corrected chi connectivity index (χ4v) is 4.15. The number of hydrogen-bond donors (Lipinski definition) is 0. The van der Waals surface area contributed by atoms with E-state index < -0.39 is 0 Å². The number of benzene rings is 2. The van der Waals surface area contributed by atoms with E-state index in [0.29, 0.717) is 6.54 Å². The Labute approximate surface area is 183 Å². The Morgan fingerprint density at radius 2 is 1.68 bits per heavy atom. The molecule has 0 amide bonds. The Bertz CT molecular complexity index is 966. The Morgan fingerprint density at radius 1 is 0.935 bits per heavy atom. The van der Waals surface area contributed by atoms with Gasteiger partial charge in [-0.25, -0.2) is 4.68 Å². The highest BCUT2D eigenvalue weighted by Gasteiger charge is 2.32. The van der Waals surface area contributed by atoms with Crippen LogP contribution in [0, 0.1) is 0 Å². The minimum absolute atomic E-state index is 0.0802. The summed E-state index contributed by atoms with van der Waals surface area (Å²) in [5, 5.41) is 12.8. The minimum atomic E-state index is -0.0802. The first kappa shape index (κ1) is 21.3. The molecule has 1 aliphatic heterocycles. The first-order valence-electron chi connectivity index (χ1n) is 10.7. The number of rotatable bonds is 8. The van der Waals surface area contributed by atoms with Crippen molar-refractivity contribution in [2.24, 2.45) is 0 Å². The normalized spacial score (nSPS) is 16.2. The van der Waals surface area contributed by atoms with E-state index in [2.05, 4.69) is 38.3 Å². The Kier molecular flexibility index (Phi) is 6.79. The molecule has 2 aromatic carbocycles. The summed E-state index contributed by atoms with van der Waals surface area (Å²) in [5.74, 6) is 2.51. The molecule has 0 N–H and O–H groups in total. The van der Waals surface area contributed by atoms with E-state index >= 15 is 0 Å². The van der Waals surface area contributed by atoms with Crippen molar-refractivity contribution in [3.05, 3.63) is 65.5 Å². The lowest BCUT2D eigenvalue weighted by Crippen LogP contribution is -2.48. The van der Waals surface area contributed by atoms with Crippen molar-refractivity contribution in [1.29, 1.82) is 0 Å². The second-order valence-electron chi connectivity index (χ2n) is 7.66. The molecule has 2 heterocycles. The molecule has 1 aromatic heterocycles. The van der Waals surface area contributed by atoms with Crippen molar-refractivity contribution in [2.75, 3.05) is 46.9 Å². The number of hydrogen-bond acceptors (Lipinski definition) is 7. The molecule has 164 valence electrons. The molecule has 4 rings (SSSR count). The molecule has 3 aromatic rings. The van der Waals surface area contributed by atoms with E-state index in [0.717, 1.165) is 61.2 Å². The third kappa shape index (κ3) is 4.70. The van der Waals surface area contributed by atoms with Crippen LogP contribution in [0.4, 0.5) is 0 Å². The molecule has 1 atom stereocenters. The van der Waals surface area contributed by atoms with Gasteiger partial charge in [-0.3, -0.25) is 4.90 Å². The Hall–Kier alpha value is -2.97. The zero-order chi connectivity index (χ0) is 21.6. The van der Waals surface area contributed by atoms with Crippen LogP contribution < -0.4 is 9.47 Å². The standard InChI is InChI=1S/C23H30N6O2/c1-4-27-13-15-28(16-14-27)22(20-7-5-6-8-21(20)31-3)23-24-25-26-29(23)17-18-9-11-19(30-2)12-10-18/h5-12,22H,4,13-17H2,1-3H3. The van der Waals surface area contributed by atoms with Crippen molar-refractivity contribution >= 4 is 0 Å². The first-order chi connectivity index (χ1) is 15.2. The summed E-state index contributed by atoms with van der Waals surface area (Å²) in [6.07, 6.45) is 0. The molecule has 0 aliphatic carbocycles. The molecule has 0 bridgehead atoms. The van der Waals surface area contributed by atoms with Gasteiger partial charge in [0, 0.05) is 31.7 Å². The van der Waals surface area contributed by atoms with E-state index in [1.807, 2.05) is 47.1 Å². The predicted molar refractivity (Wildman–Crippen MR) is 118 cm³/mol. The molecule has 1 fully saturated rings. The van der Waals surface area contributed by atoms with Crippen LogP contribution in [-0.4, -0.2) is 77.0 Å². The number of likely N-dealkylation sites (N-methyl/N-ethyl adjacent to an activating group) is 1. The fraction of sp³-hybridized carbons (Fsp3) is 0.435. The lowest BCUT2D eigenvalue weighted by molar-refractivity contribution is 0.107. The molecular weight excluding hydrogens is 392 g/mol. The smallest absolute Gasteiger partial charge is 0.173 e. The van der Waals surface area contributed by atoms with Crippen molar-refractivity contribution in [2.45, 2.75) is 19.5 Å². The van der Waals surface area contributed by atoms with Gasteiger partial charge >= 0.3 is 0 Å². The van der Waals surface area contributed by atoms with Gasteiger partial charge in [-0.05, 0) is 40.7 Å². The summed E-state index contributed by atoms with van der Waals surface area (Å²) < 4.78 is 12.9. The molecule has 0 saturated carbocycles. The Balaban J connectivity index is 1.68. The third-order valence-corrected chi connectivity index (χ3v) is 5.95. The summed E-state index contributed by atoms with van der Waals surface area (Å²) in [5.41, 5.74) is 2.20. The number of tetrazole rings is 1. The van der Waals surface area contributed by atoms with E-state index in [1.165, 1.54) is 0 Å². The molecule has 0 spiro atoms. The SMILES string of the molecule is CCN1CCN(C(c2ccccc2OC)c2nnnn2Cc2ccc(OC)cc2)CC1. The average Bonchev–Trinajstić information content (AvgIpc) is 3.28. The van der Waals surface area contributed by atoms with Gasteiger partial charge in [-0.2, -0.15) is 0 Å². The number of aromatic nitrogens is 4. The lowest BCUT2D eigenvalue weighted by Gasteiger charge is -2.38. The summed E-state index contributed by atoms with van der Waals surface area (Å²) in [7, 11) is 3.38. The van der Waals surface area contributed by atoms with Gasteiger partial charge in [0.2, 0.25) is 0 Å². The summed E-state index contributed by atoms with van der Waals surface area (Å²) in [6.45, 7) is 7.83. The van der Waals surface area contributed by atoms with E-state index in [4.69, 9.17) is 9.47 Å². The third-order valence-electron chi connectivity index (χ3n) is 5.95. The monoisotopic (exact) mass is 422 g/mol. The highest BCUT2D eigenvalue weighted by Crippen LogP contribution is 2.34. The number of ether oxygens (including phenoxy) is 2. The lowest BCUT2D eigenvalue weighted by atomic mass is 10.0. The van der Waals surface area contributed by atoms with Crippen LogP contribution in [0.2, 0.25) is 0 Å². The van der Waals surface area contributed by atoms with Crippen molar-refractivity contribution in [1.82, 2.24) is 30.0 Å². The van der Waals surface area contributed by atoms with E-state index in [-0.39, 0.29) is 6.04 Å². The van der Waals surface area contributed by atoms with Crippen LogP contribution in [0.3, 0.4) is 0 Å². The second-order valence-corrected chi connectivity index (χ2v) is 7.66. The van der Waals surface area contributed by atoms with Crippen LogP contribution in [0.25, 0.3) is 0 Å². The number of para-hydroxylation sites is 1. The number of methoxy groups -OCH3 is 2. The molecule has 1 unspecified atom stereocenters. The van der Waals surface area contributed by atoms with Gasteiger partial charge < -0.3 is 14.4 Å². The second kappa shape index (κ2) is 9.89. The first-order valence-corrected chi connectivity index (χ1v) is 10.7. The predicted octanol–water partition coefficient (Wildman–Crippen LogP) is 2.47. The maximum Gasteiger partial charge on any atom is 0.173 e. The van der Waals surface area contributed by atoms with E-state index in [9.17, 15) is 0 Å². The van der Waals surface area contributed by atoms with Crippen molar-refractivity contribution in [3.8, 4) is 11.5 Å². The van der Waals surface area contributed by atoms with Crippen LogP contribution in [0.1, 0.15) is 29.9 Å². The topological polar surface area (TPSA) is 68.5 Å². The molecule has 8 nitrogen and oxygen atoms in total. The summed E-state index contributed by atoms with van der Waals surface area (Å²) in [6, 6.07) is 16.1. The number of piperazine rings is 1. The molecular formula is C23H30N6O2. The molecule has 0 radical (unpaired) electrons. The maximum atomic E-state index is 5.71. The number of nitrogens with zero attached hydrogens (tertiary/aromatic N) is 6.